The lowest BCUT2D eigenvalue weighted by Gasteiger charge is -2.34. The molecule has 3 nitrogen and oxygen atoms in total. The first-order valence-corrected chi connectivity index (χ1v) is 5.74. The zero-order chi connectivity index (χ0) is 11.6. The number of hydrogen-bond donors (Lipinski definition) is 1. The minimum atomic E-state index is -0.311. The summed E-state index contributed by atoms with van der Waals surface area (Å²) in [6.45, 7) is 1.42. The summed E-state index contributed by atoms with van der Waals surface area (Å²) in [4.78, 5) is 0. The fourth-order valence-corrected chi connectivity index (χ4v) is 2.26. The summed E-state index contributed by atoms with van der Waals surface area (Å²) in [5, 5.41) is 0.608. The first kappa shape index (κ1) is 11.7. The molecule has 2 N–H and O–H groups in total. The van der Waals surface area contributed by atoms with Gasteiger partial charge in [-0.2, -0.15) is 0 Å². The van der Waals surface area contributed by atoms with E-state index in [0.29, 0.717) is 24.0 Å². The maximum absolute atomic E-state index is 6.36. The van der Waals surface area contributed by atoms with E-state index in [-0.39, 0.29) is 5.54 Å². The zero-order valence-electron chi connectivity index (χ0n) is 9.33. The quantitative estimate of drug-likeness (QED) is 0.864. The van der Waals surface area contributed by atoms with Crippen molar-refractivity contribution in [3.05, 3.63) is 28.8 Å². The number of methoxy groups -OCH3 is 1. The van der Waals surface area contributed by atoms with Crippen LogP contribution in [0, 0.1) is 0 Å². The van der Waals surface area contributed by atoms with Crippen LogP contribution in [0.3, 0.4) is 0 Å². The van der Waals surface area contributed by atoms with E-state index in [4.69, 9.17) is 26.8 Å². The molecule has 1 aromatic carbocycles. The molecule has 4 heteroatoms. The van der Waals surface area contributed by atoms with Crippen LogP contribution in [-0.2, 0) is 10.3 Å². The smallest absolute Gasteiger partial charge is 0.137 e. The molecule has 0 aromatic heterocycles. The topological polar surface area (TPSA) is 44.5 Å². The second-order valence-electron chi connectivity index (χ2n) is 4.12. The Hall–Kier alpha value is -0.770. The summed E-state index contributed by atoms with van der Waals surface area (Å²) in [5.41, 5.74) is 7.11. The van der Waals surface area contributed by atoms with Gasteiger partial charge in [-0.05, 0) is 30.5 Å². The molecule has 2 rings (SSSR count). The van der Waals surface area contributed by atoms with Crippen LogP contribution in [0.25, 0.3) is 0 Å². The Balaban J connectivity index is 2.29. The summed E-state index contributed by atoms with van der Waals surface area (Å²) in [6.07, 6.45) is 1.66. The molecule has 0 spiro atoms. The second-order valence-corrected chi connectivity index (χ2v) is 4.53. The van der Waals surface area contributed by atoms with Crippen LogP contribution in [0.4, 0.5) is 0 Å². The van der Waals surface area contributed by atoms with Gasteiger partial charge in [0.2, 0.25) is 0 Å². The summed E-state index contributed by atoms with van der Waals surface area (Å²) in [5.74, 6) is 0.682. The van der Waals surface area contributed by atoms with Gasteiger partial charge in [-0.25, -0.2) is 0 Å². The molecule has 1 aromatic rings. The lowest BCUT2D eigenvalue weighted by Crippen LogP contribution is -2.42. The third kappa shape index (κ3) is 2.17. The van der Waals surface area contributed by atoms with E-state index in [9.17, 15) is 0 Å². The van der Waals surface area contributed by atoms with Gasteiger partial charge in [-0.15, -0.1) is 0 Å². The fraction of sp³-hybridized carbons (Fsp3) is 0.500. The van der Waals surface area contributed by atoms with Gasteiger partial charge in [0.1, 0.15) is 5.75 Å². The van der Waals surface area contributed by atoms with Gasteiger partial charge >= 0.3 is 0 Å². The predicted molar refractivity (Wildman–Crippen MR) is 63.9 cm³/mol. The van der Waals surface area contributed by atoms with Gasteiger partial charge in [0.15, 0.2) is 0 Å². The Kier molecular flexibility index (Phi) is 3.38. The lowest BCUT2D eigenvalue weighted by atomic mass is 9.84. The molecule has 1 heterocycles. The van der Waals surface area contributed by atoms with Crippen molar-refractivity contribution in [2.24, 2.45) is 5.73 Å². The van der Waals surface area contributed by atoms with Crippen molar-refractivity contribution in [3.63, 3.8) is 0 Å². The molecule has 0 amide bonds. The average molecular weight is 242 g/mol. The Morgan fingerprint density at radius 3 is 2.62 bits per heavy atom. The molecule has 0 bridgehead atoms. The van der Waals surface area contributed by atoms with E-state index >= 15 is 0 Å². The van der Waals surface area contributed by atoms with E-state index in [1.807, 2.05) is 18.2 Å². The highest BCUT2D eigenvalue weighted by Gasteiger charge is 2.30. The van der Waals surface area contributed by atoms with Crippen LogP contribution in [0.15, 0.2) is 18.2 Å². The number of rotatable bonds is 2. The largest absolute Gasteiger partial charge is 0.495 e. The molecule has 1 fully saturated rings. The summed E-state index contributed by atoms with van der Waals surface area (Å²) in [6, 6.07) is 5.74. The van der Waals surface area contributed by atoms with Gasteiger partial charge in [0, 0.05) is 18.8 Å². The van der Waals surface area contributed by atoms with Gasteiger partial charge < -0.3 is 15.2 Å². The molecule has 0 unspecified atom stereocenters. The summed E-state index contributed by atoms with van der Waals surface area (Å²) in [7, 11) is 1.60. The fourth-order valence-electron chi connectivity index (χ4n) is 2.00. The predicted octanol–water partition coefficient (Wildman–Crippen LogP) is 2.31. The Bertz CT molecular complexity index is 375. The van der Waals surface area contributed by atoms with Crippen LogP contribution < -0.4 is 10.5 Å². The Morgan fingerprint density at radius 2 is 2.06 bits per heavy atom. The summed E-state index contributed by atoms with van der Waals surface area (Å²) >= 11 is 6.10. The van der Waals surface area contributed by atoms with Crippen LogP contribution in [0.1, 0.15) is 18.4 Å². The molecule has 0 saturated carbocycles. The molecule has 88 valence electrons. The molecular formula is C12H16ClNO2. The number of ether oxygens (including phenoxy) is 2. The van der Waals surface area contributed by atoms with Crippen molar-refractivity contribution < 1.29 is 9.47 Å². The van der Waals surface area contributed by atoms with E-state index < -0.39 is 0 Å². The molecule has 1 saturated heterocycles. The highest BCUT2D eigenvalue weighted by molar-refractivity contribution is 6.32. The Labute approximate surface area is 100 Å². The number of halogens is 1. The van der Waals surface area contributed by atoms with E-state index in [2.05, 4.69) is 0 Å². The van der Waals surface area contributed by atoms with E-state index in [1.165, 1.54) is 0 Å². The number of benzene rings is 1. The molecule has 0 atom stereocenters. The highest BCUT2D eigenvalue weighted by Crippen LogP contribution is 2.34. The zero-order valence-corrected chi connectivity index (χ0v) is 10.1. The minimum absolute atomic E-state index is 0.311. The molecule has 1 aliphatic heterocycles. The third-order valence-electron chi connectivity index (χ3n) is 3.11. The van der Waals surface area contributed by atoms with Crippen molar-refractivity contribution in [2.45, 2.75) is 18.4 Å². The van der Waals surface area contributed by atoms with Crippen molar-refractivity contribution >= 4 is 11.6 Å². The van der Waals surface area contributed by atoms with Crippen molar-refractivity contribution in [1.82, 2.24) is 0 Å². The van der Waals surface area contributed by atoms with E-state index in [0.717, 1.165) is 18.4 Å². The standard InChI is InChI=1S/C12H16ClNO2/c1-15-11-3-2-9(8-10(11)13)12(14)4-6-16-7-5-12/h2-3,8H,4-7,14H2,1H3. The first-order valence-electron chi connectivity index (χ1n) is 5.36. The van der Waals surface area contributed by atoms with Gasteiger partial charge in [-0.1, -0.05) is 17.7 Å². The van der Waals surface area contributed by atoms with Crippen LogP contribution >= 0.6 is 11.6 Å². The maximum atomic E-state index is 6.36. The highest BCUT2D eigenvalue weighted by atomic mass is 35.5. The van der Waals surface area contributed by atoms with Crippen molar-refractivity contribution in [2.75, 3.05) is 20.3 Å². The number of nitrogens with two attached hydrogens (primary N) is 1. The van der Waals surface area contributed by atoms with Crippen LogP contribution in [0.5, 0.6) is 5.75 Å². The SMILES string of the molecule is COc1ccc(C2(N)CCOCC2)cc1Cl. The lowest BCUT2D eigenvalue weighted by molar-refractivity contribution is 0.0522. The van der Waals surface area contributed by atoms with Crippen LogP contribution in [0.2, 0.25) is 5.02 Å². The van der Waals surface area contributed by atoms with E-state index in [1.54, 1.807) is 7.11 Å². The Morgan fingerprint density at radius 1 is 1.38 bits per heavy atom. The summed E-state index contributed by atoms with van der Waals surface area (Å²) < 4.78 is 10.4. The monoisotopic (exact) mass is 241 g/mol. The average Bonchev–Trinajstić information content (AvgIpc) is 2.30. The third-order valence-corrected chi connectivity index (χ3v) is 3.41. The van der Waals surface area contributed by atoms with Gasteiger partial charge in [0.25, 0.3) is 0 Å². The molecule has 16 heavy (non-hydrogen) atoms. The van der Waals surface area contributed by atoms with Gasteiger partial charge in [-0.3, -0.25) is 0 Å². The second kappa shape index (κ2) is 4.62. The minimum Gasteiger partial charge on any atom is -0.495 e. The van der Waals surface area contributed by atoms with Crippen LogP contribution in [-0.4, -0.2) is 20.3 Å². The molecule has 0 aliphatic carbocycles. The molecule has 1 aliphatic rings. The first-order chi connectivity index (χ1) is 7.65. The van der Waals surface area contributed by atoms with Gasteiger partial charge in [0.05, 0.1) is 12.1 Å². The van der Waals surface area contributed by atoms with Crippen molar-refractivity contribution in [3.8, 4) is 5.75 Å². The normalized spacial score (nSPS) is 19.4. The van der Waals surface area contributed by atoms with Crippen molar-refractivity contribution in [1.29, 1.82) is 0 Å². The maximum Gasteiger partial charge on any atom is 0.137 e. The molecular weight excluding hydrogens is 226 g/mol. The molecule has 0 radical (unpaired) electrons. The number of hydrogen-bond acceptors (Lipinski definition) is 3.